The molecular weight excluding hydrogens is 454 g/mol. The molecule has 2 aromatic heterocycles. The number of benzene rings is 1. The quantitative estimate of drug-likeness (QED) is 0.593. The van der Waals surface area contributed by atoms with Gasteiger partial charge in [0.2, 0.25) is 5.95 Å². The molecule has 2 aliphatic heterocycles. The van der Waals surface area contributed by atoms with Crippen molar-refractivity contribution in [1.82, 2.24) is 19.9 Å². The first-order chi connectivity index (χ1) is 17.5. The number of aromatic nitrogens is 3. The van der Waals surface area contributed by atoms with E-state index in [0.717, 1.165) is 43.6 Å². The molecule has 5 rings (SSSR count). The first-order valence-corrected chi connectivity index (χ1v) is 12.2. The van der Waals surface area contributed by atoms with E-state index in [2.05, 4.69) is 31.2 Å². The Hall–Kier alpha value is -4.32. The van der Waals surface area contributed by atoms with E-state index in [1.54, 1.807) is 24.4 Å². The second kappa shape index (κ2) is 10.1. The Balaban J connectivity index is 1.22. The number of hydrogen-bond donors (Lipinski definition) is 1. The molecule has 4 heterocycles. The SMILES string of the molecule is Cc1ccc(C(=O)N2CCC(c3ccc(C#N)cn3)CC2)cc1NC(=O)c1cnc(N2CCC2)nc1. The largest absolute Gasteiger partial charge is 0.341 e. The van der Waals surface area contributed by atoms with Gasteiger partial charge < -0.3 is 15.1 Å². The summed E-state index contributed by atoms with van der Waals surface area (Å²) in [5.41, 5.74) is 3.87. The van der Waals surface area contributed by atoms with E-state index < -0.39 is 0 Å². The first-order valence-electron chi connectivity index (χ1n) is 12.2. The summed E-state index contributed by atoms with van der Waals surface area (Å²) in [4.78, 5) is 43.0. The molecule has 3 aromatic rings. The Morgan fingerprint density at radius 3 is 2.33 bits per heavy atom. The molecule has 0 atom stereocenters. The molecule has 9 nitrogen and oxygen atoms in total. The average Bonchev–Trinajstić information content (AvgIpc) is 2.89. The van der Waals surface area contributed by atoms with Crippen molar-refractivity contribution < 1.29 is 9.59 Å². The number of likely N-dealkylation sites (tertiary alicyclic amines) is 1. The fourth-order valence-electron chi connectivity index (χ4n) is 4.48. The van der Waals surface area contributed by atoms with E-state index >= 15 is 0 Å². The number of aryl methyl sites for hydroxylation is 1. The summed E-state index contributed by atoms with van der Waals surface area (Å²) in [5, 5.41) is 11.9. The number of anilines is 2. The van der Waals surface area contributed by atoms with Crippen LogP contribution in [0.2, 0.25) is 0 Å². The fourth-order valence-corrected chi connectivity index (χ4v) is 4.48. The average molecular weight is 482 g/mol. The van der Waals surface area contributed by atoms with Crippen LogP contribution in [0.3, 0.4) is 0 Å². The van der Waals surface area contributed by atoms with Crippen LogP contribution >= 0.6 is 0 Å². The summed E-state index contributed by atoms with van der Waals surface area (Å²) in [6, 6.07) is 11.2. The van der Waals surface area contributed by atoms with Gasteiger partial charge in [0, 0.05) is 67.6 Å². The number of amides is 2. The number of piperidine rings is 1. The number of pyridine rings is 1. The number of nitrogens with one attached hydrogen (secondary N) is 1. The lowest BCUT2D eigenvalue weighted by Gasteiger charge is -2.32. The zero-order valence-corrected chi connectivity index (χ0v) is 20.1. The van der Waals surface area contributed by atoms with Gasteiger partial charge in [0.1, 0.15) is 6.07 Å². The highest BCUT2D eigenvalue weighted by Crippen LogP contribution is 2.28. The third kappa shape index (κ3) is 4.89. The Bertz CT molecular complexity index is 1300. The minimum Gasteiger partial charge on any atom is -0.341 e. The fraction of sp³-hybridized carbons (Fsp3) is 0.333. The van der Waals surface area contributed by atoms with Gasteiger partial charge in [-0.3, -0.25) is 14.6 Å². The molecule has 182 valence electrons. The van der Waals surface area contributed by atoms with E-state index in [4.69, 9.17) is 5.26 Å². The second-order valence-electron chi connectivity index (χ2n) is 9.25. The van der Waals surface area contributed by atoms with Crippen LogP contribution in [0.5, 0.6) is 0 Å². The van der Waals surface area contributed by atoms with Gasteiger partial charge in [-0.1, -0.05) is 6.07 Å². The van der Waals surface area contributed by atoms with Crippen molar-refractivity contribution >= 4 is 23.5 Å². The molecular formula is C27H27N7O2. The predicted octanol–water partition coefficient (Wildman–Crippen LogP) is 3.53. The molecule has 0 saturated carbocycles. The van der Waals surface area contributed by atoms with Gasteiger partial charge in [-0.05, 0) is 56.0 Å². The van der Waals surface area contributed by atoms with E-state index in [9.17, 15) is 9.59 Å². The monoisotopic (exact) mass is 481 g/mol. The summed E-state index contributed by atoms with van der Waals surface area (Å²) in [6.45, 7) is 5.03. The molecule has 1 N–H and O–H groups in total. The smallest absolute Gasteiger partial charge is 0.258 e. The molecule has 2 aliphatic rings. The molecule has 0 unspecified atom stereocenters. The van der Waals surface area contributed by atoms with E-state index in [1.807, 2.05) is 24.0 Å². The Morgan fingerprint density at radius 1 is 0.972 bits per heavy atom. The lowest BCUT2D eigenvalue weighted by atomic mass is 9.92. The Morgan fingerprint density at radius 2 is 1.72 bits per heavy atom. The number of hydrogen-bond acceptors (Lipinski definition) is 7. The molecule has 0 spiro atoms. The maximum atomic E-state index is 13.2. The van der Waals surface area contributed by atoms with Crippen LogP contribution in [0.25, 0.3) is 0 Å². The van der Waals surface area contributed by atoms with Crippen LogP contribution in [-0.4, -0.2) is 57.8 Å². The molecule has 0 bridgehead atoms. The number of nitrogens with zero attached hydrogens (tertiary/aromatic N) is 6. The maximum Gasteiger partial charge on any atom is 0.258 e. The molecule has 36 heavy (non-hydrogen) atoms. The van der Waals surface area contributed by atoms with Gasteiger partial charge >= 0.3 is 0 Å². The summed E-state index contributed by atoms with van der Waals surface area (Å²) in [7, 11) is 0. The van der Waals surface area contributed by atoms with Gasteiger partial charge in [0.25, 0.3) is 11.8 Å². The molecule has 2 amide bonds. The molecule has 0 aliphatic carbocycles. The van der Waals surface area contributed by atoms with Crippen LogP contribution in [0.1, 0.15) is 62.7 Å². The molecule has 0 radical (unpaired) electrons. The van der Waals surface area contributed by atoms with E-state index in [1.165, 1.54) is 12.4 Å². The Labute approximate surface area is 209 Å². The van der Waals surface area contributed by atoms with Crippen molar-refractivity contribution in [2.75, 3.05) is 36.4 Å². The van der Waals surface area contributed by atoms with Gasteiger partial charge in [-0.2, -0.15) is 5.26 Å². The highest BCUT2D eigenvalue weighted by atomic mass is 16.2. The van der Waals surface area contributed by atoms with Gasteiger partial charge in [0.05, 0.1) is 11.1 Å². The zero-order valence-electron chi connectivity index (χ0n) is 20.1. The normalized spacial score (nSPS) is 15.7. The molecule has 1 aromatic carbocycles. The van der Waals surface area contributed by atoms with Crippen molar-refractivity contribution in [2.24, 2.45) is 0 Å². The summed E-state index contributed by atoms with van der Waals surface area (Å²) < 4.78 is 0. The number of rotatable bonds is 5. The van der Waals surface area contributed by atoms with Crippen molar-refractivity contribution in [2.45, 2.75) is 32.1 Å². The number of carbonyl (C=O) groups excluding carboxylic acids is 2. The van der Waals surface area contributed by atoms with Crippen LogP contribution < -0.4 is 10.2 Å². The summed E-state index contributed by atoms with van der Waals surface area (Å²) in [6.07, 6.45) is 7.43. The van der Waals surface area contributed by atoms with Crippen molar-refractivity contribution in [3.63, 3.8) is 0 Å². The van der Waals surface area contributed by atoms with Crippen LogP contribution in [-0.2, 0) is 0 Å². The summed E-state index contributed by atoms with van der Waals surface area (Å²) >= 11 is 0. The highest BCUT2D eigenvalue weighted by Gasteiger charge is 2.26. The van der Waals surface area contributed by atoms with Crippen LogP contribution in [0.15, 0.2) is 48.9 Å². The maximum absolute atomic E-state index is 13.2. The standard InChI is InChI=1S/C27H27N7O2/c1-18-3-5-21(13-24(18)32-25(35)22-16-30-27(31-17-22)34-9-2-10-34)26(36)33-11-7-20(8-12-33)23-6-4-19(14-28)15-29-23/h3-6,13,15-17,20H,2,7-12H2,1H3,(H,32,35). The second-order valence-corrected chi connectivity index (χ2v) is 9.25. The lowest BCUT2D eigenvalue weighted by Crippen LogP contribution is -2.38. The highest BCUT2D eigenvalue weighted by molar-refractivity contribution is 6.05. The third-order valence-corrected chi connectivity index (χ3v) is 6.89. The molecule has 2 fully saturated rings. The predicted molar refractivity (Wildman–Crippen MR) is 135 cm³/mol. The number of nitriles is 1. The van der Waals surface area contributed by atoms with E-state index in [-0.39, 0.29) is 17.7 Å². The Kier molecular flexibility index (Phi) is 6.58. The first kappa shape index (κ1) is 23.4. The zero-order chi connectivity index (χ0) is 25.1. The molecule has 2 saturated heterocycles. The van der Waals surface area contributed by atoms with Gasteiger partial charge in [0.15, 0.2) is 0 Å². The van der Waals surface area contributed by atoms with Gasteiger partial charge in [-0.15, -0.1) is 0 Å². The van der Waals surface area contributed by atoms with Crippen LogP contribution in [0.4, 0.5) is 11.6 Å². The number of carbonyl (C=O) groups is 2. The van der Waals surface area contributed by atoms with Crippen molar-refractivity contribution in [3.05, 3.63) is 76.9 Å². The van der Waals surface area contributed by atoms with Crippen molar-refractivity contribution in [1.29, 1.82) is 5.26 Å². The third-order valence-electron chi connectivity index (χ3n) is 6.89. The lowest BCUT2D eigenvalue weighted by molar-refractivity contribution is 0.0712. The van der Waals surface area contributed by atoms with Crippen LogP contribution in [0, 0.1) is 18.3 Å². The summed E-state index contributed by atoms with van der Waals surface area (Å²) in [5.74, 6) is 0.539. The minimum atomic E-state index is -0.311. The molecule has 9 heteroatoms. The van der Waals surface area contributed by atoms with Crippen molar-refractivity contribution in [3.8, 4) is 6.07 Å². The van der Waals surface area contributed by atoms with E-state index in [0.29, 0.717) is 41.4 Å². The topological polar surface area (TPSA) is 115 Å². The minimum absolute atomic E-state index is 0.0565. The van der Waals surface area contributed by atoms with Gasteiger partial charge in [-0.25, -0.2) is 9.97 Å².